The molecule has 1 aliphatic carbocycles. The van der Waals surface area contributed by atoms with E-state index in [0.29, 0.717) is 19.0 Å². The van der Waals surface area contributed by atoms with Crippen molar-refractivity contribution in [3.63, 3.8) is 0 Å². The van der Waals surface area contributed by atoms with E-state index < -0.39 is 5.60 Å². The largest absolute Gasteiger partial charge is 0.444 e. The minimum Gasteiger partial charge on any atom is -0.444 e. The lowest BCUT2D eigenvalue weighted by Crippen LogP contribution is -2.55. The van der Waals surface area contributed by atoms with Crippen LogP contribution in [0.15, 0.2) is 5.16 Å². The van der Waals surface area contributed by atoms with Crippen molar-refractivity contribution >= 4 is 12.3 Å². The zero-order valence-electron chi connectivity index (χ0n) is 14.7. The van der Waals surface area contributed by atoms with Gasteiger partial charge in [-0.1, -0.05) is 19.3 Å². The van der Waals surface area contributed by atoms with Gasteiger partial charge in [-0.2, -0.15) is 0 Å². The predicted molar refractivity (Wildman–Crippen MR) is 90.0 cm³/mol. The van der Waals surface area contributed by atoms with Crippen molar-refractivity contribution in [2.45, 2.75) is 64.5 Å². The fourth-order valence-corrected chi connectivity index (χ4v) is 3.59. The summed E-state index contributed by atoms with van der Waals surface area (Å²) < 4.78 is 5.44. The second-order valence-corrected chi connectivity index (χ2v) is 7.66. The summed E-state index contributed by atoms with van der Waals surface area (Å²) in [4.78, 5) is 16.3. The van der Waals surface area contributed by atoms with Gasteiger partial charge < -0.3 is 14.8 Å². The molecule has 1 atom stereocenters. The van der Waals surface area contributed by atoms with Crippen LogP contribution in [0.2, 0.25) is 0 Å². The van der Waals surface area contributed by atoms with Gasteiger partial charge in [0.1, 0.15) is 5.60 Å². The van der Waals surface area contributed by atoms with Gasteiger partial charge in [-0.15, -0.1) is 5.16 Å². The van der Waals surface area contributed by atoms with Crippen LogP contribution in [0.5, 0.6) is 0 Å². The second-order valence-electron chi connectivity index (χ2n) is 7.66. The Kier molecular flexibility index (Phi) is 6.27. The normalized spacial score (nSPS) is 23.2. The fourth-order valence-electron chi connectivity index (χ4n) is 3.59. The first kappa shape index (κ1) is 18.0. The maximum atomic E-state index is 12.1. The van der Waals surface area contributed by atoms with Crippen molar-refractivity contribution in [1.82, 2.24) is 9.80 Å². The summed E-state index contributed by atoms with van der Waals surface area (Å²) in [5.74, 6) is 0.563. The maximum absolute atomic E-state index is 12.1. The Hall–Kier alpha value is -1.30. The van der Waals surface area contributed by atoms with Gasteiger partial charge in [0.2, 0.25) is 0 Å². The lowest BCUT2D eigenvalue weighted by atomic mass is 9.83. The van der Waals surface area contributed by atoms with Gasteiger partial charge >= 0.3 is 6.09 Å². The molecule has 0 spiro atoms. The molecule has 2 fully saturated rings. The van der Waals surface area contributed by atoms with Gasteiger partial charge in [0.05, 0.1) is 12.3 Å². The Bertz CT molecular complexity index is 406. The van der Waals surface area contributed by atoms with Crippen LogP contribution < -0.4 is 0 Å². The molecule has 1 heterocycles. The molecule has 0 radical (unpaired) electrons. The third kappa shape index (κ3) is 5.37. The Balaban J connectivity index is 1.89. The molecular weight excluding hydrogens is 294 g/mol. The van der Waals surface area contributed by atoms with E-state index in [1.54, 1.807) is 11.1 Å². The standard InChI is InChI=1S/C17H31N3O3/c1-17(2,3)23-16(21)20-11-9-19(10-12-20)15(13-18-22)14-7-5-4-6-8-14/h13-15,22H,4-12H2,1-3H3. The van der Waals surface area contributed by atoms with Gasteiger partial charge in [-0.25, -0.2) is 4.79 Å². The second kappa shape index (κ2) is 7.99. The average Bonchev–Trinajstić information content (AvgIpc) is 2.52. The first-order chi connectivity index (χ1) is 10.9. The molecule has 0 aromatic rings. The molecule has 2 aliphatic rings. The molecule has 1 aliphatic heterocycles. The van der Waals surface area contributed by atoms with Crippen LogP contribution in [0.3, 0.4) is 0 Å². The number of amides is 1. The highest BCUT2D eigenvalue weighted by molar-refractivity contribution is 5.68. The molecular formula is C17H31N3O3. The number of carbonyl (C=O) groups excluding carboxylic acids is 1. The number of nitrogens with zero attached hydrogens (tertiary/aromatic N) is 3. The Morgan fingerprint density at radius 2 is 1.78 bits per heavy atom. The third-order valence-corrected chi connectivity index (χ3v) is 4.74. The van der Waals surface area contributed by atoms with Crippen LogP contribution in [0.4, 0.5) is 4.79 Å². The third-order valence-electron chi connectivity index (χ3n) is 4.74. The lowest BCUT2D eigenvalue weighted by molar-refractivity contribution is 0.0101. The van der Waals surface area contributed by atoms with Gasteiger partial charge in [0.15, 0.2) is 0 Å². The molecule has 0 bridgehead atoms. The number of rotatable bonds is 3. The summed E-state index contributed by atoms with van der Waals surface area (Å²) in [6.45, 7) is 8.58. The van der Waals surface area contributed by atoms with Crippen molar-refractivity contribution in [1.29, 1.82) is 0 Å². The SMILES string of the molecule is CC(C)(C)OC(=O)N1CCN(C(C=NO)C2CCCCC2)CC1. The van der Waals surface area contributed by atoms with Crippen LogP contribution in [0, 0.1) is 5.92 Å². The highest BCUT2D eigenvalue weighted by Gasteiger charge is 2.32. The summed E-state index contributed by atoms with van der Waals surface area (Å²) in [7, 11) is 0. The van der Waals surface area contributed by atoms with Crippen molar-refractivity contribution in [3.05, 3.63) is 0 Å². The molecule has 1 unspecified atom stereocenters. The van der Waals surface area contributed by atoms with Gasteiger partial charge in [0.25, 0.3) is 0 Å². The zero-order chi connectivity index (χ0) is 16.9. The predicted octanol–water partition coefficient (Wildman–Crippen LogP) is 2.95. The smallest absolute Gasteiger partial charge is 0.410 e. The summed E-state index contributed by atoms with van der Waals surface area (Å²) in [5.41, 5.74) is -0.456. The van der Waals surface area contributed by atoms with E-state index in [9.17, 15) is 4.79 Å². The highest BCUT2D eigenvalue weighted by atomic mass is 16.6. The minimum absolute atomic E-state index is 0.182. The first-order valence-corrected chi connectivity index (χ1v) is 8.80. The molecule has 23 heavy (non-hydrogen) atoms. The molecule has 2 rings (SSSR count). The Morgan fingerprint density at radius 3 is 2.30 bits per heavy atom. The summed E-state index contributed by atoms with van der Waals surface area (Å²) >= 11 is 0. The maximum Gasteiger partial charge on any atom is 0.410 e. The number of hydrogen-bond donors (Lipinski definition) is 1. The molecule has 6 nitrogen and oxygen atoms in total. The monoisotopic (exact) mass is 325 g/mol. The molecule has 0 aromatic heterocycles. The lowest BCUT2D eigenvalue weighted by Gasteiger charge is -2.41. The summed E-state index contributed by atoms with van der Waals surface area (Å²) in [6, 6.07) is 0.182. The van der Waals surface area contributed by atoms with Crippen LogP contribution in [0.1, 0.15) is 52.9 Å². The Labute approximate surface area is 139 Å². The Morgan fingerprint density at radius 1 is 1.17 bits per heavy atom. The van der Waals surface area contributed by atoms with E-state index in [1.807, 2.05) is 20.8 Å². The van der Waals surface area contributed by atoms with Crippen molar-refractivity contribution in [2.75, 3.05) is 26.2 Å². The molecule has 1 N–H and O–H groups in total. The summed E-state index contributed by atoms with van der Waals surface area (Å²) in [6.07, 6.45) is 7.68. The highest BCUT2D eigenvalue weighted by Crippen LogP contribution is 2.29. The summed E-state index contributed by atoms with van der Waals surface area (Å²) in [5, 5.41) is 12.3. The number of carbonyl (C=O) groups is 1. The molecule has 6 heteroatoms. The molecule has 132 valence electrons. The zero-order valence-corrected chi connectivity index (χ0v) is 14.7. The molecule has 1 saturated heterocycles. The van der Waals surface area contributed by atoms with E-state index in [-0.39, 0.29) is 12.1 Å². The first-order valence-electron chi connectivity index (χ1n) is 8.80. The van der Waals surface area contributed by atoms with E-state index >= 15 is 0 Å². The van der Waals surface area contributed by atoms with Crippen LogP contribution >= 0.6 is 0 Å². The van der Waals surface area contributed by atoms with Crippen molar-refractivity contribution in [3.8, 4) is 0 Å². The molecule has 1 saturated carbocycles. The van der Waals surface area contributed by atoms with E-state index in [4.69, 9.17) is 9.94 Å². The van der Waals surface area contributed by atoms with Gasteiger partial charge in [0, 0.05) is 26.2 Å². The van der Waals surface area contributed by atoms with E-state index in [2.05, 4.69) is 10.1 Å². The van der Waals surface area contributed by atoms with Crippen LogP contribution in [-0.2, 0) is 4.74 Å². The van der Waals surface area contributed by atoms with E-state index in [0.717, 1.165) is 13.1 Å². The van der Waals surface area contributed by atoms with Crippen molar-refractivity contribution < 1.29 is 14.7 Å². The van der Waals surface area contributed by atoms with Crippen LogP contribution in [-0.4, -0.2) is 65.1 Å². The molecule has 0 aromatic carbocycles. The molecule has 1 amide bonds. The number of hydrogen-bond acceptors (Lipinski definition) is 5. The van der Waals surface area contributed by atoms with Crippen LogP contribution in [0.25, 0.3) is 0 Å². The van der Waals surface area contributed by atoms with Gasteiger partial charge in [-0.3, -0.25) is 4.90 Å². The fraction of sp³-hybridized carbons (Fsp3) is 0.882. The number of piperazine rings is 1. The van der Waals surface area contributed by atoms with Crippen molar-refractivity contribution in [2.24, 2.45) is 11.1 Å². The quantitative estimate of drug-likeness (QED) is 0.492. The minimum atomic E-state index is -0.456. The van der Waals surface area contributed by atoms with E-state index in [1.165, 1.54) is 32.1 Å². The number of oxime groups is 1. The van der Waals surface area contributed by atoms with Gasteiger partial charge in [-0.05, 0) is 39.5 Å². The average molecular weight is 325 g/mol. The number of ether oxygens (including phenoxy) is 1. The topological polar surface area (TPSA) is 65.4 Å².